The summed E-state index contributed by atoms with van der Waals surface area (Å²) in [5.74, 6) is -0.481. The Labute approximate surface area is 767 Å². The number of nitrogens with zero attached hydrogens (tertiary/aromatic N) is 16. The maximum Gasteiger partial charge on any atom is 0.276 e. The highest BCUT2D eigenvalue weighted by Gasteiger charge is 2.28. The van der Waals surface area contributed by atoms with Gasteiger partial charge in [0.05, 0.1) is 47.4 Å². The van der Waals surface area contributed by atoms with Gasteiger partial charge in [-0.05, 0) is 194 Å². The number of hydrogen-bond donors (Lipinski definition) is 9. The van der Waals surface area contributed by atoms with Crippen molar-refractivity contribution in [3.63, 3.8) is 0 Å². The van der Waals surface area contributed by atoms with E-state index in [0.29, 0.717) is 112 Å². The number of amides is 4. The highest BCUT2D eigenvalue weighted by atomic mass is 19.1. The molecule has 12 heterocycles. The van der Waals surface area contributed by atoms with Gasteiger partial charge in [0, 0.05) is 212 Å². The average molecular weight is 1820 g/mol. The van der Waals surface area contributed by atoms with Crippen LogP contribution in [0.1, 0.15) is 99.0 Å². The second-order valence-electron chi connectivity index (χ2n) is 34.0. The first kappa shape index (κ1) is 91.0. The number of hydrogen-bond acceptors (Lipinski definition) is 21. The van der Waals surface area contributed by atoms with Gasteiger partial charge in [-0.25, -0.2) is 17.6 Å². The highest BCUT2D eigenvalue weighted by molar-refractivity contribution is 6.15. The van der Waals surface area contributed by atoms with Crippen molar-refractivity contribution in [3.8, 4) is 67.5 Å². The van der Waals surface area contributed by atoms with Gasteiger partial charge in [-0.1, -0.05) is 12.1 Å². The molecule has 692 valence electrons. The number of H-pyrrole nitrogens is 4. The number of carbonyl (C=O) groups excluding carboxylic acids is 4. The molecule has 0 radical (unpaired) electrons. The molecule has 20 rings (SSSR count). The molecule has 0 atom stereocenters. The lowest BCUT2D eigenvalue weighted by molar-refractivity contribution is 0.101. The van der Waals surface area contributed by atoms with Crippen LogP contribution in [0.2, 0.25) is 0 Å². The second kappa shape index (κ2) is 40.8. The molecule has 4 saturated heterocycles. The first-order valence-corrected chi connectivity index (χ1v) is 44.3. The molecule has 4 amide bonds. The van der Waals surface area contributed by atoms with Gasteiger partial charge in [-0.15, -0.1) is 0 Å². The van der Waals surface area contributed by atoms with E-state index in [1.54, 1.807) is 152 Å². The standard InChI is InChI=1S/C25H27FN6O3.3C24H25FN6O2/c1-31-9-7-17(8-10-31)35-16-5-3-15(4-6-16)27-25(34)24-19-11-18(21(26)12-22(19)28-29-24)20-13-32(2)30-23(20)14-33;1-30-9-7-19(8-10-30)33-18-5-3-17(4-6-18)27-24(32)23-20-11-15(16-13-26-31(2)14-16)12-21(25)22(20)28-29-23;1-30-8-6-17(7-9-30)33-18-5-3-4-16(10-18)27-24(32)23-20-11-19(15-13-26-31(2)14-15)21(25)12-22(20)28-29-23;1-30-15-16(14-26-30)19-12-20-22(13-21(19)25)28-29-23(20)24(32)27-17-5-4-6-18(11-17)33-10-9-31-7-2-3-8-31/h3-6,11-13,17,33H,7-10,14H2,1-2H3,(H,27,34)(H,28,29);3-6,11-14,19H,7-10H2,1-2H3,(H,27,32)(H,28,29);3-5,10-14,17H,6-9H2,1-2H3,(H,27,32)(H,28,29);4-6,11-15H,2-3,7-10H2,1H3,(H,27,32)(H,28,29). The molecule has 37 heteroatoms. The largest absolute Gasteiger partial charge is 0.492 e. The Morgan fingerprint density at radius 2 is 0.813 bits per heavy atom. The minimum atomic E-state index is -0.504. The van der Waals surface area contributed by atoms with Crippen LogP contribution < -0.4 is 40.2 Å². The van der Waals surface area contributed by atoms with Gasteiger partial charge in [0.25, 0.3) is 23.6 Å². The van der Waals surface area contributed by atoms with Gasteiger partial charge in [-0.3, -0.25) is 63.2 Å². The Bertz CT molecular complexity index is 6870. The van der Waals surface area contributed by atoms with Crippen molar-refractivity contribution in [1.29, 1.82) is 0 Å². The van der Waals surface area contributed by atoms with Crippen molar-refractivity contribution in [3.05, 3.63) is 241 Å². The van der Waals surface area contributed by atoms with Crippen molar-refractivity contribution in [2.75, 3.05) is 108 Å². The van der Waals surface area contributed by atoms with E-state index in [9.17, 15) is 41.8 Å². The normalized spacial score (nSPS) is 14.8. The molecule has 4 aliphatic rings. The summed E-state index contributed by atoms with van der Waals surface area (Å²) < 4.78 is 89.2. The molecular formula is C97H102F4N24O9. The number of likely N-dealkylation sites (tertiary alicyclic amines) is 4. The number of aliphatic hydroxyl groups is 1. The molecular weight excluding hydrogens is 1720 g/mol. The van der Waals surface area contributed by atoms with E-state index in [1.807, 2.05) is 54.6 Å². The molecule has 134 heavy (non-hydrogen) atoms. The molecule has 33 nitrogen and oxygen atoms in total. The quantitative estimate of drug-likeness (QED) is 0.0269. The van der Waals surface area contributed by atoms with E-state index in [2.05, 4.69) is 123 Å². The fourth-order valence-corrected chi connectivity index (χ4v) is 16.8. The predicted molar refractivity (Wildman–Crippen MR) is 501 cm³/mol. The summed E-state index contributed by atoms with van der Waals surface area (Å²) in [5, 5.41) is 66.7. The number of piperidine rings is 3. The molecule has 4 aliphatic heterocycles. The topological polar surface area (TPSA) is 373 Å². The Hall–Kier alpha value is -14.9. The molecule has 8 aromatic carbocycles. The summed E-state index contributed by atoms with van der Waals surface area (Å²) in [5.41, 5.74) is 8.95. The molecule has 0 aliphatic carbocycles. The Kier molecular flexibility index (Phi) is 27.7. The zero-order valence-electron chi connectivity index (χ0n) is 74.9. The van der Waals surface area contributed by atoms with Crippen LogP contribution >= 0.6 is 0 Å². The number of nitrogens with one attached hydrogen (secondary N) is 8. The van der Waals surface area contributed by atoms with Crippen LogP contribution in [0, 0.1) is 23.3 Å². The lowest BCUT2D eigenvalue weighted by Crippen LogP contribution is -2.35. The summed E-state index contributed by atoms with van der Waals surface area (Å²) in [6.07, 6.45) is 20.7. The number of rotatable bonds is 23. The van der Waals surface area contributed by atoms with Crippen molar-refractivity contribution < 1.29 is 60.8 Å². The van der Waals surface area contributed by atoms with Crippen molar-refractivity contribution in [1.82, 2.24) is 99.5 Å². The average Bonchev–Trinajstić information content (AvgIpc) is 1.62. The molecule has 0 unspecified atom stereocenters. The van der Waals surface area contributed by atoms with Crippen molar-refractivity contribution in [2.45, 2.75) is 76.3 Å². The molecule has 8 aromatic heterocycles. The third-order valence-electron chi connectivity index (χ3n) is 24.0. The summed E-state index contributed by atoms with van der Waals surface area (Å²) in [7, 11) is 13.4. The Balaban J connectivity index is 0.000000124. The lowest BCUT2D eigenvalue weighted by atomic mass is 10.0. The maximum atomic E-state index is 14.8. The van der Waals surface area contributed by atoms with Gasteiger partial charge in [0.1, 0.15) is 76.6 Å². The van der Waals surface area contributed by atoms with E-state index >= 15 is 0 Å². The van der Waals surface area contributed by atoms with E-state index in [-0.39, 0.29) is 70.6 Å². The number of aromatic amines is 4. The number of fused-ring (bicyclic) bond motifs is 4. The Morgan fingerprint density at radius 3 is 1.27 bits per heavy atom. The molecule has 0 bridgehead atoms. The maximum absolute atomic E-state index is 14.8. The van der Waals surface area contributed by atoms with Crippen LogP contribution in [0.3, 0.4) is 0 Å². The fourth-order valence-electron chi connectivity index (χ4n) is 16.8. The number of aromatic nitrogens is 16. The van der Waals surface area contributed by atoms with Crippen LogP contribution in [0.5, 0.6) is 23.0 Å². The van der Waals surface area contributed by atoms with E-state index in [1.165, 1.54) is 41.8 Å². The number of ether oxygens (including phenoxy) is 4. The molecule has 0 saturated carbocycles. The van der Waals surface area contributed by atoms with Crippen LogP contribution in [0.25, 0.3) is 88.1 Å². The fraction of sp³-hybridized carbons (Fsp3) is 0.299. The van der Waals surface area contributed by atoms with Gasteiger partial charge >= 0.3 is 0 Å². The van der Waals surface area contributed by atoms with Gasteiger partial charge < -0.3 is 60.0 Å². The number of aliphatic hydroxyl groups excluding tert-OH is 1. The minimum absolute atomic E-state index is 0.120. The summed E-state index contributed by atoms with van der Waals surface area (Å²) in [6.45, 7) is 9.53. The zero-order valence-corrected chi connectivity index (χ0v) is 74.9. The molecule has 4 fully saturated rings. The van der Waals surface area contributed by atoms with E-state index < -0.39 is 35.1 Å². The zero-order chi connectivity index (χ0) is 93.2. The predicted octanol–water partition coefficient (Wildman–Crippen LogP) is 14.8. The number of aryl methyl sites for hydroxylation is 4. The number of anilines is 4. The van der Waals surface area contributed by atoms with Crippen molar-refractivity contribution >= 4 is 90.0 Å². The lowest BCUT2D eigenvalue weighted by Gasteiger charge is -2.29. The minimum Gasteiger partial charge on any atom is -0.492 e. The first-order valence-electron chi connectivity index (χ1n) is 44.3. The monoisotopic (exact) mass is 1820 g/mol. The van der Waals surface area contributed by atoms with Crippen LogP contribution in [-0.4, -0.2) is 233 Å². The third-order valence-corrected chi connectivity index (χ3v) is 24.0. The van der Waals surface area contributed by atoms with E-state index in [0.717, 1.165) is 120 Å². The number of carbonyl (C=O) groups is 4. The van der Waals surface area contributed by atoms with Gasteiger partial charge in [0.2, 0.25) is 0 Å². The van der Waals surface area contributed by atoms with Gasteiger partial charge in [-0.2, -0.15) is 40.8 Å². The van der Waals surface area contributed by atoms with Crippen molar-refractivity contribution in [2.24, 2.45) is 28.2 Å². The SMILES string of the molecule is CN1CCC(Oc2ccc(NC(=O)c3[nH]nc4c(F)cc(-c5cnn(C)c5)cc34)cc2)CC1.CN1CCC(Oc2ccc(NC(=O)c3n[nH]c4cc(F)c(-c5cn(C)nc5CO)cc34)cc2)CC1.CN1CCC(Oc2cccc(NC(=O)c3n[nH]c4cc(F)c(-c5cnn(C)c5)cc34)c2)CC1.Cn1cc(-c2cc3c(C(=O)Nc4cccc(OCCN5CCCC5)c4)n[nH]c3cc2F)cn1. The molecule has 0 spiro atoms. The summed E-state index contributed by atoms with van der Waals surface area (Å²) >= 11 is 0. The molecule has 16 aromatic rings. The van der Waals surface area contributed by atoms with Crippen LogP contribution in [0.15, 0.2) is 189 Å². The van der Waals surface area contributed by atoms with Gasteiger partial charge in [0.15, 0.2) is 22.9 Å². The van der Waals surface area contributed by atoms with Crippen LogP contribution in [-0.2, 0) is 34.8 Å². The Morgan fingerprint density at radius 1 is 0.396 bits per heavy atom. The highest BCUT2D eigenvalue weighted by Crippen LogP contribution is 2.37. The summed E-state index contributed by atoms with van der Waals surface area (Å²) in [6, 6.07) is 41.1. The van der Waals surface area contributed by atoms with E-state index in [4.69, 9.17) is 18.9 Å². The molecule has 9 N–H and O–H groups in total. The number of halogens is 4. The summed E-state index contributed by atoms with van der Waals surface area (Å²) in [4.78, 5) is 61.2. The first-order chi connectivity index (χ1) is 64.9. The van der Waals surface area contributed by atoms with Crippen LogP contribution in [0.4, 0.5) is 40.3 Å². The second-order valence-corrected chi connectivity index (χ2v) is 34.0. The number of benzene rings is 8. The third kappa shape index (κ3) is 21.8. The smallest absolute Gasteiger partial charge is 0.276 e.